The maximum Gasteiger partial charge on any atom is 0.290 e. The van der Waals surface area contributed by atoms with Crippen molar-refractivity contribution in [3.8, 4) is 0 Å². The molecule has 0 saturated heterocycles. The van der Waals surface area contributed by atoms with Gasteiger partial charge in [-0.15, -0.1) is 0 Å². The summed E-state index contributed by atoms with van der Waals surface area (Å²) in [6.07, 6.45) is 1.64. The summed E-state index contributed by atoms with van der Waals surface area (Å²) in [6, 6.07) is 12.5. The molecule has 0 aliphatic heterocycles. The third-order valence-corrected chi connectivity index (χ3v) is 3.81. The highest BCUT2D eigenvalue weighted by molar-refractivity contribution is 5.92. The summed E-state index contributed by atoms with van der Waals surface area (Å²) < 4.78 is 18.4. The Morgan fingerprint density at radius 3 is 2.48 bits per heavy atom. The molecule has 128 valence electrons. The topological polar surface area (TPSA) is 68.0 Å². The summed E-state index contributed by atoms with van der Waals surface area (Å²) in [4.78, 5) is 16.9. The molecule has 1 aromatic carbocycles. The van der Waals surface area contributed by atoms with Crippen molar-refractivity contribution < 1.29 is 13.7 Å². The predicted molar refractivity (Wildman–Crippen MR) is 90.5 cm³/mol. The predicted octanol–water partition coefficient (Wildman–Crippen LogP) is 3.85. The molecule has 1 amide bonds. The largest absolute Gasteiger partial charge is 0.351 e. The first-order chi connectivity index (χ1) is 12.0. The van der Waals surface area contributed by atoms with Crippen molar-refractivity contribution in [2.75, 3.05) is 0 Å². The Balaban J connectivity index is 1.89. The molecule has 1 atom stereocenters. The molecule has 3 rings (SSSR count). The van der Waals surface area contributed by atoms with Gasteiger partial charge in [-0.2, -0.15) is 0 Å². The number of carbonyl (C=O) groups excluding carboxylic acids is 1. The normalized spacial score (nSPS) is 12.2. The highest BCUT2D eigenvalue weighted by Gasteiger charge is 2.22. The van der Waals surface area contributed by atoms with Crippen LogP contribution in [0.25, 0.3) is 0 Å². The van der Waals surface area contributed by atoms with E-state index in [0.29, 0.717) is 11.4 Å². The summed E-state index contributed by atoms with van der Waals surface area (Å²) in [5.74, 6) is -0.452. The number of hydrogen-bond acceptors (Lipinski definition) is 4. The molecule has 2 heterocycles. The van der Waals surface area contributed by atoms with E-state index in [2.05, 4.69) is 15.5 Å². The fraction of sp³-hybridized carbons (Fsp3) is 0.211. The molecule has 3 aromatic rings. The molecule has 0 aliphatic carbocycles. The van der Waals surface area contributed by atoms with Crippen LogP contribution in [-0.2, 0) is 0 Å². The SMILES string of the molecule is CC(C)c1cc(C(=O)N[C@@H](c2ccc(F)cc2)c2ccccn2)on1. The van der Waals surface area contributed by atoms with Crippen molar-refractivity contribution in [2.45, 2.75) is 25.8 Å². The van der Waals surface area contributed by atoms with E-state index in [1.54, 1.807) is 36.5 Å². The Morgan fingerprint density at radius 1 is 1.12 bits per heavy atom. The molecule has 25 heavy (non-hydrogen) atoms. The molecule has 6 heteroatoms. The number of nitrogens with one attached hydrogen (secondary N) is 1. The maximum atomic E-state index is 13.2. The monoisotopic (exact) mass is 339 g/mol. The van der Waals surface area contributed by atoms with E-state index in [-0.39, 0.29) is 17.5 Å². The summed E-state index contributed by atoms with van der Waals surface area (Å²) in [7, 11) is 0. The van der Waals surface area contributed by atoms with Gasteiger partial charge < -0.3 is 9.84 Å². The van der Waals surface area contributed by atoms with E-state index in [0.717, 1.165) is 5.56 Å². The lowest BCUT2D eigenvalue weighted by Crippen LogP contribution is -2.29. The van der Waals surface area contributed by atoms with Crippen LogP contribution in [0.2, 0.25) is 0 Å². The fourth-order valence-corrected chi connectivity index (χ4v) is 2.40. The zero-order valence-corrected chi connectivity index (χ0v) is 13.9. The Bertz CT molecular complexity index is 845. The molecule has 0 bridgehead atoms. The Morgan fingerprint density at radius 2 is 1.88 bits per heavy atom. The minimum Gasteiger partial charge on any atom is -0.351 e. The maximum absolute atomic E-state index is 13.2. The molecule has 0 aliphatic rings. The van der Waals surface area contributed by atoms with Crippen LogP contribution >= 0.6 is 0 Å². The van der Waals surface area contributed by atoms with E-state index in [9.17, 15) is 9.18 Å². The highest BCUT2D eigenvalue weighted by atomic mass is 19.1. The van der Waals surface area contributed by atoms with Crippen molar-refractivity contribution in [2.24, 2.45) is 0 Å². The van der Waals surface area contributed by atoms with Gasteiger partial charge in [0.15, 0.2) is 0 Å². The number of amides is 1. The Kier molecular flexibility index (Phi) is 4.88. The number of carbonyl (C=O) groups is 1. The van der Waals surface area contributed by atoms with E-state index >= 15 is 0 Å². The zero-order valence-electron chi connectivity index (χ0n) is 13.9. The standard InChI is InChI=1S/C19H18FN3O2/c1-12(2)16-11-17(25-23-16)19(24)22-18(15-5-3-4-10-21-15)13-6-8-14(20)9-7-13/h3-12,18H,1-2H3,(H,22,24)/t18-/m0/s1. The summed E-state index contributed by atoms with van der Waals surface area (Å²) in [6.45, 7) is 3.93. The average Bonchev–Trinajstić information content (AvgIpc) is 3.12. The minimum atomic E-state index is -0.526. The lowest BCUT2D eigenvalue weighted by atomic mass is 10.0. The molecule has 0 spiro atoms. The molecule has 0 radical (unpaired) electrons. The van der Waals surface area contributed by atoms with Gasteiger partial charge in [0.2, 0.25) is 5.76 Å². The smallest absolute Gasteiger partial charge is 0.290 e. The van der Waals surface area contributed by atoms with Crippen molar-refractivity contribution in [1.29, 1.82) is 0 Å². The first-order valence-electron chi connectivity index (χ1n) is 7.98. The molecule has 0 saturated carbocycles. The number of aromatic nitrogens is 2. The Hall–Kier alpha value is -3.02. The van der Waals surface area contributed by atoms with Crippen molar-refractivity contribution in [3.05, 3.63) is 83.3 Å². The van der Waals surface area contributed by atoms with Gasteiger partial charge in [0.1, 0.15) is 5.82 Å². The van der Waals surface area contributed by atoms with Gasteiger partial charge in [-0.1, -0.05) is 37.2 Å². The summed E-state index contributed by atoms with van der Waals surface area (Å²) in [5, 5.41) is 6.78. The van der Waals surface area contributed by atoms with Crippen LogP contribution in [0.5, 0.6) is 0 Å². The first-order valence-corrected chi connectivity index (χ1v) is 7.98. The van der Waals surface area contributed by atoms with Crippen molar-refractivity contribution in [1.82, 2.24) is 15.5 Å². The van der Waals surface area contributed by atoms with Gasteiger partial charge in [0.05, 0.1) is 17.4 Å². The molecule has 2 aromatic heterocycles. The lowest BCUT2D eigenvalue weighted by molar-refractivity contribution is 0.0905. The second-order valence-electron chi connectivity index (χ2n) is 5.98. The van der Waals surface area contributed by atoms with Crippen LogP contribution in [0.4, 0.5) is 4.39 Å². The molecule has 0 fully saturated rings. The quantitative estimate of drug-likeness (QED) is 0.766. The second kappa shape index (κ2) is 7.25. The first kappa shape index (κ1) is 16.8. The van der Waals surface area contributed by atoms with Gasteiger partial charge in [-0.05, 0) is 35.7 Å². The molecular weight excluding hydrogens is 321 g/mol. The van der Waals surface area contributed by atoms with Gasteiger partial charge >= 0.3 is 0 Å². The number of halogens is 1. The zero-order chi connectivity index (χ0) is 17.8. The number of benzene rings is 1. The molecule has 1 N–H and O–H groups in total. The van der Waals surface area contributed by atoms with Crippen molar-refractivity contribution >= 4 is 5.91 Å². The fourth-order valence-electron chi connectivity index (χ4n) is 2.40. The number of hydrogen-bond donors (Lipinski definition) is 1. The second-order valence-corrected chi connectivity index (χ2v) is 5.98. The van der Waals surface area contributed by atoms with E-state index in [1.165, 1.54) is 12.1 Å². The van der Waals surface area contributed by atoms with Crippen LogP contribution < -0.4 is 5.32 Å². The van der Waals surface area contributed by atoms with Crippen molar-refractivity contribution in [3.63, 3.8) is 0 Å². The van der Waals surface area contributed by atoms with Gasteiger partial charge in [0.25, 0.3) is 5.91 Å². The van der Waals surface area contributed by atoms with Crippen LogP contribution in [0.15, 0.2) is 59.3 Å². The van der Waals surface area contributed by atoms with E-state index in [4.69, 9.17) is 4.52 Å². The molecule has 0 unspecified atom stereocenters. The van der Waals surface area contributed by atoms with Crippen LogP contribution in [0.3, 0.4) is 0 Å². The average molecular weight is 339 g/mol. The Labute approximate surface area is 144 Å². The third-order valence-electron chi connectivity index (χ3n) is 3.81. The molecular formula is C19H18FN3O2. The van der Waals surface area contributed by atoms with Gasteiger partial charge in [-0.25, -0.2) is 4.39 Å². The van der Waals surface area contributed by atoms with Crippen LogP contribution in [0.1, 0.15) is 53.3 Å². The van der Waals surface area contributed by atoms with Gasteiger partial charge in [-0.3, -0.25) is 9.78 Å². The number of rotatable bonds is 5. The number of pyridine rings is 1. The lowest BCUT2D eigenvalue weighted by Gasteiger charge is -2.18. The van der Waals surface area contributed by atoms with Gasteiger partial charge in [0, 0.05) is 12.3 Å². The highest BCUT2D eigenvalue weighted by Crippen LogP contribution is 2.22. The summed E-state index contributed by atoms with van der Waals surface area (Å²) in [5.41, 5.74) is 2.07. The third kappa shape index (κ3) is 3.91. The van der Waals surface area contributed by atoms with E-state index < -0.39 is 11.9 Å². The number of nitrogens with zero attached hydrogens (tertiary/aromatic N) is 2. The van der Waals surface area contributed by atoms with Crippen LogP contribution in [0, 0.1) is 5.82 Å². The minimum absolute atomic E-state index is 0.131. The van der Waals surface area contributed by atoms with E-state index in [1.807, 2.05) is 19.9 Å². The molecule has 5 nitrogen and oxygen atoms in total. The van der Waals surface area contributed by atoms with Crippen LogP contribution in [-0.4, -0.2) is 16.0 Å². The summed E-state index contributed by atoms with van der Waals surface area (Å²) >= 11 is 0.